The highest BCUT2D eigenvalue weighted by molar-refractivity contribution is 5.87. The summed E-state index contributed by atoms with van der Waals surface area (Å²) in [5, 5.41) is 29.4. The van der Waals surface area contributed by atoms with Gasteiger partial charge in [-0.15, -0.1) is 0 Å². The van der Waals surface area contributed by atoms with E-state index in [1.165, 1.54) is 0 Å². The second-order valence-corrected chi connectivity index (χ2v) is 6.13. The van der Waals surface area contributed by atoms with E-state index in [1.54, 1.807) is 25.3 Å². The van der Waals surface area contributed by atoms with Gasteiger partial charge in [0.05, 0.1) is 30.5 Å². The smallest absolute Gasteiger partial charge is 0.194 e. The Morgan fingerprint density at radius 1 is 0.963 bits per heavy atom. The Morgan fingerprint density at radius 3 is 2.11 bits per heavy atom. The predicted octanol–water partition coefficient (Wildman–Crippen LogP) is 3.65. The fraction of sp³-hybridized carbons (Fsp3) is 0.136. The van der Waals surface area contributed by atoms with Crippen LogP contribution >= 0.6 is 0 Å². The van der Waals surface area contributed by atoms with Gasteiger partial charge in [0, 0.05) is 5.92 Å². The number of nitrogens with zero attached hydrogens (tertiary/aromatic N) is 3. The van der Waals surface area contributed by atoms with Gasteiger partial charge in [0.25, 0.3) is 0 Å². The Morgan fingerprint density at radius 2 is 1.59 bits per heavy atom. The molecule has 1 aliphatic rings. The third-order valence-corrected chi connectivity index (χ3v) is 4.79. The Hall–Kier alpha value is -4.01. The normalized spacial score (nSPS) is 17.9. The van der Waals surface area contributed by atoms with E-state index in [1.807, 2.05) is 42.5 Å². The highest BCUT2D eigenvalue weighted by atomic mass is 16.5. The zero-order chi connectivity index (χ0) is 19.4. The van der Waals surface area contributed by atoms with Crippen molar-refractivity contribution < 1.29 is 4.74 Å². The lowest BCUT2D eigenvalue weighted by Crippen LogP contribution is -2.35. The highest BCUT2D eigenvalue weighted by Crippen LogP contribution is 2.48. The number of hydrogen-bond donors (Lipinski definition) is 1. The molecular weight excluding hydrogens is 336 g/mol. The molecule has 0 radical (unpaired) electrons. The molecule has 0 unspecified atom stereocenters. The van der Waals surface area contributed by atoms with E-state index in [2.05, 4.69) is 18.2 Å². The summed E-state index contributed by atoms with van der Waals surface area (Å²) < 4.78 is 5.18. The van der Waals surface area contributed by atoms with Crippen LogP contribution in [-0.4, -0.2) is 7.11 Å². The molecule has 27 heavy (non-hydrogen) atoms. The molecule has 0 saturated carbocycles. The van der Waals surface area contributed by atoms with Crippen molar-refractivity contribution in [2.24, 2.45) is 11.1 Å². The van der Waals surface area contributed by atoms with E-state index in [0.29, 0.717) is 11.3 Å². The Labute approximate surface area is 157 Å². The van der Waals surface area contributed by atoms with Crippen molar-refractivity contribution in [3.05, 3.63) is 83.1 Å². The SMILES string of the molecule is COc1ccc(C2=C[C@H](c3ccccc3)C(C#N)(C#N)C(N)=C2C#N)cc1. The van der Waals surface area contributed by atoms with Crippen LogP contribution in [0.3, 0.4) is 0 Å². The second kappa shape index (κ2) is 7.08. The third kappa shape index (κ3) is 2.80. The Kier molecular flexibility index (Phi) is 4.67. The summed E-state index contributed by atoms with van der Waals surface area (Å²) >= 11 is 0. The van der Waals surface area contributed by atoms with Crippen molar-refractivity contribution in [2.75, 3.05) is 7.11 Å². The van der Waals surface area contributed by atoms with Crippen LogP contribution < -0.4 is 10.5 Å². The van der Waals surface area contributed by atoms with Gasteiger partial charge in [-0.2, -0.15) is 15.8 Å². The molecule has 3 rings (SSSR count). The molecule has 1 atom stereocenters. The lowest BCUT2D eigenvalue weighted by molar-refractivity contribution is 0.415. The minimum absolute atomic E-state index is 0.0165. The summed E-state index contributed by atoms with van der Waals surface area (Å²) in [5.74, 6) is 0.0940. The standard InChI is InChI=1S/C22H16N4O/c1-27-17-9-7-15(8-10-17)18-11-20(16-5-3-2-4-6-16)22(13-24,14-25)21(26)19(18)12-23/h2-11,20H,26H2,1H3/t20-/m1/s1. The number of benzene rings is 2. The van der Waals surface area contributed by atoms with Gasteiger partial charge in [0.1, 0.15) is 11.8 Å². The van der Waals surface area contributed by atoms with Crippen molar-refractivity contribution in [2.45, 2.75) is 5.92 Å². The molecule has 0 aliphatic heterocycles. The van der Waals surface area contributed by atoms with Crippen LogP contribution in [0, 0.1) is 39.4 Å². The summed E-state index contributed by atoms with van der Waals surface area (Å²) in [6.45, 7) is 0. The number of rotatable bonds is 3. The molecule has 2 aromatic rings. The van der Waals surface area contributed by atoms with Crippen LogP contribution in [0.5, 0.6) is 5.75 Å². The van der Waals surface area contributed by atoms with Crippen LogP contribution in [-0.2, 0) is 0 Å². The fourth-order valence-electron chi connectivity index (χ4n) is 3.31. The number of ether oxygens (including phenoxy) is 1. The van der Waals surface area contributed by atoms with Gasteiger partial charge in [0.2, 0.25) is 0 Å². The van der Waals surface area contributed by atoms with E-state index < -0.39 is 11.3 Å². The molecule has 0 spiro atoms. The molecule has 0 fully saturated rings. The molecule has 1 aliphatic carbocycles. The van der Waals surface area contributed by atoms with E-state index in [4.69, 9.17) is 10.5 Å². The van der Waals surface area contributed by atoms with Crippen molar-refractivity contribution in [3.63, 3.8) is 0 Å². The lowest BCUT2D eigenvalue weighted by Gasteiger charge is -2.33. The summed E-state index contributed by atoms with van der Waals surface area (Å²) in [6.07, 6.45) is 1.79. The first-order valence-electron chi connectivity index (χ1n) is 8.25. The fourth-order valence-corrected chi connectivity index (χ4v) is 3.31. The summed E-state index contributed by atoms with van der Waals surface area (Å²) in [5.41, 5.74) is 6.90. The summed E-state index contributed by atoms with van der Waals surface area (Å²) in [6, 6.07) is 22.7. The molecular formula is C22H16N4O. The summed E-state index contributed by atoms with van der Waals surface area (Å²) in [4.78, 5) is 0. The molecule has 5 heteroatoms. The molecule has 0 bridgehead atoms. The molecule has 0 aromatic heterocycles. The van der Waals surface area contributed by atoms with E-state index in [-0.39, 0.29) is 11.3 Å². The quantitative estimate of drug-likeness (QED) is 0.907. The maximum absolute atomic E-state index is 9.84. The molecule has 0 heterocycles. The van der Waals surface area contributed by atoms with Gasteiger partial charge < -0.3 is 10.5 Å². The number of nitrogens with two attached hydrogens (primary N) is 1. The van der Waals surface area contributed by atoms with Gasteiger partial charge in [-0.25, -0.2) is 0 Å². The maximum atomic E-state index is 9.84. The van der Waals surface area contributed by atoms with Crippen LogP contribution in [0.15, 0.2) is 71.9 Å². The largest absolute Gasteiger partial charge is 0.497 e. The zero-order valence-electron chi connectivity index (χ0n) is 14.7. The van der Waals surface area contributed by atoms with Crippen LogP contribution in [0.1, 0.15) is 17.0 Å². The van der Waals surface area contributed by atoms with Gasteiger partial charge >= 0.3 is 0 Å². The highest BCUT2D eigenvalue weighted by Gasteiger charge is 2.47. The lowest BCUT2D eigenvalue weighted by atomic mass is 9.65. The number of hydrogen-bond acceptors (Lipinski definition) is 5. The van der Waals surface area contributed by atoms with Crippen LogP contribution in [0.25, 0.3) is 5.57 Å². The second-order valence-electron chi connectivity index (χ2n) is 6.13. The molecule has 0 saturated heterocycles. The predicted molar refractivity (Wildman–Crippen MR) is 101 cm³/mol. The minimum Gasteiger partial charge on any atom is -0.497 e. The van der Waals surface area contributed by atoms with Gasteiger partial charge in [-0.05, 0) is 28.8 Å². The topological polar surface area (TPSA) is 107 Å². The molecule has 2 N–H and O–H groups in total. The van der Waals surface area contributed by atoms with Gasteiger partial charge in [0.15, 0.2) is 5.41 Å². The zero-order valence-corrected chi connectivity index (χ0v) is 14.7. The van der Waals surface area contributed by atoms with Crippen molar-refractivity contribution in [1.82, 2.24) is 0 Å². The first-order valence-corrected chi connectivity index (χ1v) is 8.25. The molecule has 2 aromatic carbocycles. The third-order valence-electron chi connectivity index (χ3n) is 4.79. The first-order chi connectivity index (χ1) is 13.1. The average molecular weight is 352 g/mol. The monoisotopic (exact) mass is 352 g/mol. The number of nitriles is 3. The Balaban J connectivity index is 2.26. The van der Waals surface area contributed by atoms with Crippen molar-refractivity contribution in [1.29, 1.82) is 15.8 Å². The summed E-state index contributed by atoms with van der Waals surface area (Å²) in [7, 11) is 1.58. The van der Waals surface area contributed by atoms with Crippen LogP contribution in [0.2, 0.25) is 0 Å². The Bertz CT molecular complexity index is 1030. The van der Waals surface area contributed by atoms with E-state index in [9.17, 15) is 15.8 Å². The van der Waals surface area contributed by atoms with Crippen LogP contribution in [0.4, 0.5) is 0 Å². The number of methoxy groups -OCH3 is 1. The van der Waals surface area contributed by atoms with Gasteiger partial charge in [-0.3, -0.25) is 0 Å². The van der Waals surface area contributed by atoms with E-state index in [0.717, 1.165) is 11.1 Å². The molecule has 0 amide bonds. The van der Waals surface area contributed by atoms with Gasteiger partial charge in [-0.1, -0.05) is 48.5 Å². The minimum atomic E-state index is -1.64. The first kappa shape index (κ1) is 17.8. The number of allylic oxidation sites excluding steroid dienone is 4. The molecule has 130 valence electrons. The maximum Gasteiger partial charge on any atom is 0.194 e. The van der Waals surface area contributed by atoms with Crippen molar-refractivity contribution in [3.8, 4) is 24.0 Å². The molecule has 5 nitrogen and oxygen atoms in total. The van der Waals surface area contributed by atoms with Crippen molar-refractivity contribution >= 4 is 5.57 Å². The average Bonchev–Trinajstić information content (AvgIpc) is 2.74. The van der Waals surface area contributed by atoms with E-state index >= 15 is 0 Å².